The van der Waals surface area contributed by atoms with Crippen LogP contribution in [0.4, 0.5) is 61.5 Å². The van der Waals surface area contributed by atoms with Crippen molar-refractivity contribution in [2.24, 2.45) is 0 Å². The minimum atomic E-state index is -7.91. The summed E-state index contributed by atoms with van der Waals surface area (Å²) in [7, 11) is -0.492. The van der Waals surface area contributed by atoms with E-state index in [1.54, 1.807) is 0 Å². The van der Waals surface area contributed by atoms with Crippen LogP contribution >= 0.6 is 0 Å². The standard InChI is InChI=1S/C9H5F14NO3/c1-27-9(22,23)8(20,21)24(5(13,14)2(10)11)7(18,19)4(12,3(25)26)6(15,16)17/h2H,1H3,(H,25,26). The number of carboxylic acids is 1. The molecule has 1 atom stereocenters. The molecule has 0 aromatic carbocycles. The average Bonchev–Trinajstić information content (AvgIpc) is 2.43. The Morgan fingerprint density at radius 3 is 1.44 bits per heavy atom. The van der Waals surface area contributed by atoms with Crippen LogP contribution in [-0.4, -0.2) is 65.6 Å². The van der Waals surface area contributed by atoms with Crippen molar-refractivity contribution in [1.29, 1.82) is 0 Å². The zero-order valence-corrected chi connectivity index (χ0v) is 12.1. The Morgan fingerprint density at radius 1 is 0.852 bits per heavy atom. The monoisotopic (exact) mass is 441 g/mol. The van der Waals surface area contributed by atoms with Crippen molar-refractivity contribution < 1.29 is 76.1 Å². The molecule has 27 heavy (non-hydrogen) atoms. The smallest absolute Gasteiger partial charge is 0.441 e. The number of ether oxygens (including phenoxy) is 1. The van der Waals surface area contributed by atoms with Gasteiger partial charge >= 0.3 is 48.5 Å². The molecule has 0 spiro atoms. The quantitative estimate of drug-likeness (QED) is 0.459. The Bertz CT molecular complexity index is 561. The van der Waals surface area contributed by atoms with Gasteiger partial charge in [0.2, 0.25) is 0 Å². The van der Waals surface area contributed by atoms with E-state index >= 15 is 0 Å². The second-order valence-corrected chi connectivity index (χ2v) is 4.49. The van der Waals surface area contributed by atoms with E-state index in [9.17, 15) is 66.3 Å². The van der Waals surface area contributed by atoms with E-state index in [0.717, 1.165) is 0 Å². The van der Waals surface area contributed by atoms with E-state index in [1.165, 1.54) is 0 Å². The molecule has 162 valence electrons. The molecule has 0 heterocycles. The zero-order chi connectivity index (χ0) is 22.4. The molecule has 0 saturated heterocycles. The predicted octanol–water partition coefficient (Wildman–Crippen LogP) is 3.93. The molecule has 0 aliphatic heterocycles. The van der Waals surface area contributed by atoms with Crippen molar-refractivity contribution in [3.05, 3.63) is 0 Å². The van der Waals surface area contributed by atoms with E-state index in [1.807, 2.05) is 0 Å². The van der Waals surface area contributed by atoms with Crippen LogP contribution < -0.4 is 0 Å². The second-order valence-electron chi connectivity index (χ2n) is 4.49. The normalized spacial score (nSPS) is 17.4. The van der Waals surface area contributed by atoms with Crippen LogP contribution in [0, 0.1) is 0 Å². The summed E-state index contributed by atoms with van der Waals surface area (Å²) < 4.78 is 184. The van der Waals surface area contributed by atoms with Crippen molar-refractivity contribution in [2.45, 2.75) is 42.5 Å². The number of nitrogens with zero attached hydrogens (tertiary/aromatic N) is 1. The van der Waals surface area contributed by atoms with E-state index < -0.39 is 60.5 Å². The van der Waals surface area contributed by atoms with E-state index in [-0.39, 0.29) is 0 Å². The first-order valence-electron chi connectivity index (χ1n) is 5.70. The van der Waals surface area contributed by atoms with Crippen LogP contribution in [0.25, 0.3) is 0 Å². The molecule has 0 aromatic rings. The molecule has 0 saturated carbocycles. The fraction of sp³-hybridized carbons (Fsp3) is 0.889. The molecule has 4 nitrogen and oxygen atoms in total. The maximum absolute atomic E-state index is 13.7. The van der Waals surface area contributed by atoms with Crippen LogP contribution in [0.2, 0.25) is 0 Å². The highest BCUT2D eigenvalue weighted by Crippen LogP contribution is 2.56. The Kier molecular flexibility index (Phi) is 6.38. The van der Waals surface area contributed by atoms with Gasteiger partial charge < -0.3 is 9.84 Å². The van der Waals surface area contributed by atoms with Gasteiger partial charge in [0.25, 0.3) is 0 Å². The third-order valence-corrected chi connectivity index (χ3v) is 2.83. The molecule has 0 amide bonds. The van der Waals surface area contributed by atoms with Crippen molar-refractivity contribution in [3.8, 4) is 0 Å². The number of carbonyl (C=O) groups is 1. The number of aliphatic carboxylic acids is 1. The summed E-state index contributed by atoms with van der Waals surface area (Å²) in [6.07, 6.45) is -20.0. The predicted molar refractivity (Wildman–Crippen MR) is 52.2 cm³/mol. The lowest BCUT2D eigenvalue weighted by molar-refractivity contribution is -0.487. The summed E-state index contributed by atoms with van der Waals surface area (Å²) in [6, 6.07) is -22.7. The first-order valence-corrected chi connectivity index (χ1v) is 5.70. The molecular formula is C9H5F14NO3. The van der Waals surface area contributed by atoms with E-state index in [0.29, 0.717) is 0 Å². The van der Waals surface area contributed by atoms with Crippen LogP contribution in [-0.2, 0) is 9.53 Å². The first-order chi connectivity index (χ1) is 11.6. The Labute approximate surface area is 138 Å². The van der Waals surface area contributed by atoms with E-state index in [2.05, 4.69) is 4.74 Å². The fourth-order valence-corrected chi connectivity index (χ4v) is 1.48. The molecule has 0 fully saturated rings. The lowest BCUT2D eigenvalue weighted by Crippen LogP contribution is -2.77. The van der Waals surface area contributed by atoms with Crippen molar-refractivity contribution >= 4 is 5.97 Å². The van der Waals surface area contributed by atoms with Crippen molar-refractivity contribution in [1.82, 2.24) is 4.90 Å². The third kappa shape index (κ3) is 3.59. The number of hydrogen-bond acceptors (Lipinski definition) is 3. The van der Waals surface area contributed by atoms with Gasteiger partial charge in [0.15, 0.2) is 0 Å². The van der Waals surface area contributed by atoms with Crippen LogP contribution in [0.5, 0.6) is 0 Å². The van der Waals surface area contributed by atoms with Crippen molar-refractivity contribution in [2.75, 3.05) is 7.11 Å². The minimum absolute atomic E-state index is 0.492. The van der Waals surface area contributed by atoms with Crippen molar-refractivity contribution in [3.63, 3.8) is 0 Å². The molecule has 0 aromatic heterocycles. The summed E-state index contributed by atoms with van der Waals surface area (Å²) >= 11 is 0. The lowest BCUT2D eigenvalue weighted by atomic mass is 10.0. The molecule has 18 heteroatoms. The van der Waals surface area contributed by atoms with Gasteiger partial charge in [0.05, 0.1) is 0 Å². The van der Waals surface area contributed by atoms with Gasteiger partial charge in [-0.2, -0.15) is 48.3 Å². The van der Waals surface area contributed by atoms with Crippen LogP contribution in [0.15, 0.2) is 0 Å². The molecule has 0 aliphatic rings. The Hall–Kier alpha value is -1.59. The molecule has 1 unspecified atom stereocenters. The topological polar surface area (TPSA) is 49.8 Å². The number of methoxy groups -OCH3 is 1. The summed E-state index contributed by atoms with van der Waals surface area (Å²) in [5.74, 6) is -4.47. The highest BCUT2D eigenvalue weighted by atomic mass is 19.4. The summed E-state index contributed by atoms with van der Waals surface area (Å²) in [6.45, 7) is 0. The highest BCUT2D eigenvalue weighted by molar-refractivity contribution is 5.80. The van der Waals surface area contributed by atoms with Gasteiger partial charge in [0.1, 0.15) is 0 Å². The number of alkyl halides is 14. The maximum Gasteiger partial charge on any atom is 0.441 e. The first kappa shape index (κ1) is 25.4. The lowest BCUT2D eigenvalue weighted by Gasteiger charge is -2.45. The molecule has 0 bridgehead atoms. The van der Waals surface area contributed by atoms with Crippen LogP contribution in [0.1, 0.15) is 0 Å². The van der Waals surface area contributed by atoms with Gasteiger partial charge in [-0.05, 0) is 0 Å². The van der Waals surface area contributed by atoms with E-state index in [4.69, 9.17) is 5.11 Å². The van der Waals surface area contributed by atoms with Crippen LogP contribution in [0.3, 0.4) is 0 Å². The molecular weight excluding hydrogens is 436 g/mol. The second kappa shape index (κ2) is 6.78. The summed E-state index contributed by atoms with van der Waals surface area (Å²) in [5.41, 5.74) is -7.45. The number of rotatable bonds is 8. The largest absolute Gasteiger partial charge is 0.478 e. The maximum atomic E-state index is 13.7. The Balaban J connectivity index is 7.13. The zero-order valence-electron chi connectivity index (χ0n) is 12.1. The minimum Gasteiger partial charge on any atom is -0.478 e. The van der Waals surface area contributed by atoms with Gasteiger partial charge in [-0.15, -0.1) is 4.90 Å². The Morgan fingerprint density at radius 2 is 1.22 bits per heavy atom. The third-order valence-electron chi connectivity index (χ3n) is 2.83. The molecule has 0 radical (unpaired) electrons. The number of halogens is 14. The molecule has 0 rings (SSSR count). The summed E-state index contributed by atoms with van der Waals surface area (Å²) in [4.78, 5) is 6.09. The average molecular weight is 441 g/mol. The SMILES string of the molecule is COC(F)(F)C(F)(F)N(C(F)(F)C(F)F)C(F)(F)C(F)(C(=O)O)C(F)(F)F. The van der Waals surface area contributed by atoms with Gasteiger partial charge in [0, 0.05) is 7.11 Å². The summed E-state index contributed by atoms with van der Waals surface area (Å²) in [5, 5.41) is 7.98. The highest BCUT2D eigenvalue weighted by Gasteiger charge is 2.87. The van der Waals surface area contributed by atoms with Gasteiger partial charge in [-0.25, -0.2) is 18.0 Å². The van der Waals surface area contributed by atoms with Gasteiger partial charge in [-0.3, -0.25) is 0 Å². The number of carboxylic acid groups (broad SMARTS) is 1. The fourth-order valence-electron chi connectivity index (χ4n) is 1.48. The molecule has 0 aliphatic carbocycles. The molecule has 1 N–H and O–H groups in total. The number of hydrogen-bond donors (Lipinski definition) is 1. The van der Waals surface area contributed by atoms with Gasteiger partial charge in [-0.1, -0.05) is 0 Å².